The molecule has 3 rings (SSSR count). The van der Waals surface area contributed by atoms with Gasteiger partial charge in [-0.25, -0.2) is 0 Å². The molecule has 2 heterocycles. The van der Waals surface area contributed by atoms with Crippen LogP contribution in [-0.4, -0.2) is 21.3 Å². The number of benzene rings is 1. The number of carbonyl (C=O) groups excluding carboxylic acids is 1. The number of alkyl halides is 2. The van der Waals surface area contributed by atoms with E-state index in [-0.39, 0.29) is 11.6 Å². The van der Waals surface area contributed by atoms with Gasteiger partial charge < -0.3 is 4.52 Å². The van der Waals surface area contributed by atoms with Gasteiger partial charge in [-0.1, -0.05) is 23.4 Å². The molecule has 108 valence electrons. The third-order valence-electron chi connectivity index (χ3n) is 2.88. The number of hydrogen-bond donors (Lipinski definition) is 2. The average molecular weight is 292 g/mol. The zero-order chi connectivity index (χ0) is 15.0. The zero-order valence-corrected chi connectivity index (χ0v) is 10.9. The van der Waals surface area contributed by atoms with Gasteiger partial charge in [0.15, 0.2) is 11.4 Å². The Morgan fingerprint density at radius 1 is 1.38 bits per heavy atom. The van der Waals surface area contributed by atoms with E-state index in [0.717, 1.165) is 6.07 Å². The highest BCUT2D eigenvalue weighted by atomic mass is 19.3. The van der Waals surface area contributed by atoms with Crippen LogP contribution in [0.5, 0.6) is 0 Å². The molecule has 0 unspecified atom stereocenters. The average Bonchev–Trinajstić information content (AvgIpc) is 3.03. The zero-order valence-electron chi connectivity index (χ0n) is 10.9. The Hall–Kier alpha value is -2.77. The molecule has 0 aliphatic carbocycles. The molecule has 0 aliphatic heterocycles. The summed E-state index contributed by atoms with van der Waals surface area (Å²) >= 11 is 0. The lowest BCUT2D eigenvalue weighted by atomic mass is 10.2. The molecular weight excluding hydrogens is 282 g/mol. The first kappa shape index (κ1) is 13.2. The molecule has 0 atom stereocenters. The van der Waals surface area contributed by atoms with Gasteiger partial charge in [0.25, 0.3) is 11.8 Å². The Kier molecular flexibility index (Phi) is 2.93. The molecule has 1 amide bonds. The van der Waals surface area contributed by atoms with Crippen LogP contribution in [0.2, 0.25) is 0 Å². The second-order valence-corrected chi connectivity index (χ2v) is 4.54. The Labute approximate surface area is 117 Å². The van der Waals surface area contributed by atoms with Gasteiger partial charge in [-0.3, -0.25) is 15.2 Å². The Balaban J connectivity index is 1.85. The number of halogens is 2. The van der Waals surface area contributed by atoms with Gasteiger partial charge in [0, 0.05) is 18.4 Å². The lowest BCUT2D eigenvalue weighted by Gasteiger charge is -2.02. The molecule has 2 N–H and O–H groups in total. The molecule has 0 spiro atoms. The summed E-state index contributed by atoms with van der Waals surface area (Å²) in [6, 6.07) is 8.03. The second-order valence-electron chi connectivity index (χ2n) is 4.54. The fraction of sp³-hybridized carbons (Fsp3) is 0.154. The van der Waals surface area contributed by atoms with Crippen molar-refractivity contribution in [1.29, 1.82) is 0 Å². The standard InChI is InChI=1S/C13H10F2N4O2/c1-13(14,15)9-6-10(21-19-9)16-12(20)11-7-4-2-3-5-8(7)17-18-11/h2-6H,1H3,(H,16,20)(H,17,18). The number of para-hydroxylation sites is 1. The van der Waals surface area contributed by atoms with Gasteiger partial charge in [-0.2, -0.15) is 13.9 Å². The van der Waals surface area contributed by atoms with E-state index in [2.05, 4.69) is 25.2 Å². The number of amides is 1. The summed E-state index contributed by atoms with van der Waals surface area (Å²) in [5.74, 6) is -3.87. The number of fused-ring (bicyclic) bond motifs is 1. The second kappa shape index (κ2) is 4.65. The molecule has 3 aromatic rings. The highest BCUT2D eigenvalue weighted by molar-refractivity contribution is 6.10. The van der Waals surface area contributed by atoms with Crippen molar-refractivity contribution in [3.8, 4) is 0 Å². The molecule has 6 nitrogen and oxygen atoms in total. The van der Waals surface area contributed by atoms with Crippen LogP contribution < -0.4 is 5.32 Å². The molecule has 0 radical (unpaired) electrons. The van der Waals surface area contributed by atoms with Crippen molar-refractivity contribution in [1.82, 2.24) is 15.4 Å². The maximum absolute atomic E-state index is 13.0. The van der Waals surface area contributed by atoms with Crippen LogP contribution in [0.25, 0.3) is 10.9 Å². The van der Waals surface area contributed by atoms with E-state index in [9.17, 15) is 13.6 Å². The summed E-state index contributed by atoms with van der Waals surface area (Å²) in [6.45, 7) is 0.692. The van der Waals surface area contributed by atoms with Crippen LogP contribution in [0.3, 0.4) is 0 Å². The first-order chi connectivity index (χ1) is 9.95. The number of aromatic amines is 1. The van der Waals surface area contributed by atoms with Crippen molar-refractivity contribution in [2.24, 2.45) is 0 Å². The fourth-order valence-electron chi connectivity index (χ4n) is 1.85. The van der Waals surface area contributed by atoms with Crippen LogP contribution >= 0.6 is 0 Å². The Morgan fingerprint density at radius 3 is 2.86 bits per heavy atom. The molecule has 2 aromatic heterocycles. The molecule has 0 bridgehead atoms. The lowest BCUT2D eigenvalue weighted by Crippen LogP contribution is -2.12. The van der Waals surface area contributed by atoms with Crippen molar-refractivity contribution in [2.45, 2.75) is 12.8 Å². The maximum atomic E-state index is 13.0. The van der Waals surface area contributed by atoms with Crippen LogP contribution in [0.15, 0.2) is 34.9 Å². The third-order valence-corrected chi connectivity index (χ3v) is 2.88. The molecule has 1 aromatic carbocycles. The predicted molar refractivity (Wildman–Crippen MR) is 70.1 cm³/mol. The van der Waals surface area contributed by atoms with E-state index in [1.807, 2.05) is 0 Å². The number of nitrogens with zero attached hydrogens (tertiary/aromatic N) is 2. The molecule has 0 saturated heterocycles. The van der Waals surface area contributed by atoms with Gasteiger partial charge in [0.1, 0.15) is 0 Å². The summed E-state index contributed by atoms with van der Waals surface area (Å²) in [7, 11) is 0. The normalized spacial score (nSPS) is 11.8. The van der Waals surface area contributed by atoms with Crippen molar-refractivity contribution in [3.05, 3.63) is 41.7 Å². The fourth-order valence-corrected chi connectivity index (χ4v) is 1.85. The quantitative estimate of drug-likeness (QED) is 0.777. The van der Waals surface area contributed by atoms with Gasteiger partial charge >= 0.3 is 0 Å². The third kappa shape index (κ3) is 2.47. The summed E-state index contributed by atoms with van der Waals surface area (Å²) < 4.78 is 30.7. The van der Waals surface area contributed by atoms with E-state index in [0.29, 0.717) is 17.8 Å². The van der Waals surface area contributed by atoms with E-state index in [4.69, 9.17) is 0 Å². The summed E-state index contributed by atoms with van der Waals surface area (Å²) in [5.41, 5.74) is 0.289. The Morgan fingerprint density at radius 2 is 2.14 bits per heavy atom. The minimum atomic E-state index is -3.13. The molecule has 0 aliphatic rings. The van der Waals surface area contributed by atoms with E-state index >= 15 is 0 Å². The molecule has 0 fully saturated rings. The van der Waals surface area contributed by atoms with Gasteiger partial charge in [0.05, 0.1) is 5.52 Å². The van der Waals surface area contributed by atoms with Crippen LogP contribution in [0.4, 0.5) is 14.7 Å². The van der Waals surface area contributed by atoms with Crippen LogP contribution in [0.1, 0.15) is 23.1 Å². The highest BCUT2D eigenvalue weighted by Gasteiger charge is 2.29. The smallest absolute Gasteiger partial charge is 0.290 e. The minimum absolute atomic E-state index is 0.145. The van der Waals surface area contributed by atoms with Crippen LogP contribution in [-0.2, 0) is 5.92 Å². The lowest BCUT2D eigenvalue weighted by molar-refractivity contribution is 0.00975. The summed E-state index contributed by atoms with van der Waals surface area (Å²) in [6.07, 6.45) is 0. The number of nitrogens with one attached hydrogen (secondary N) is 2. The van der Waals surface area contributed by atoms with Crippen molar-refractivity contribution in [2.75, 3.05) is 5.32 Å². The summed E-state index contributed by atoms with van der Waals surface area (Å²) in [4.78, 5) is 12.1. The highest BCUT2D eigenvalue weighted by Crippen LogP contribution is 2.28. The first-order valence-corrected chi connectivity index (χ1v) is 6.04. The van der Waals surface area contributed by atoms with E-state index in [1.54, 1.807) is 24.3 Å². The monoisotopic (exact) mass is 292 g/mol. The van der Waals surface area contributed by atoms with Gasteiger partial charge in [0.2, 0.25) is 5.88 Å². The maximum Gasteiger partial charge on any atom is 0.290 e. The minimum Gasteiger partial charge on any atom is -0.338 e. The SMILES string of the molecule is CC(F)(F)c1cc(NC(=O)c2n[nH]c3ccccc23)on1. The number of H-pyrrole nitrogens is 1. The van der Waals surface area contributed by atoms with Gasteiger partial charge in [-0.15, -0.1) is 0 Å². The van der Waals surface area contributed by atoms with Gasteiger partial charge in [-0.05, 0) is 6.07 Å². The number of hydrogen-bond acceptors (Lipinski definition) is 4. The Bertz CT molecular complexity index is 804. The first-order valence-electron chi connectivity index (χ1n) is 6.04. The van der Waals surface area contributed by atoms with E-state index < -0.39 is 17.5 Å². The van der Waals surface area contributed by atoms with Crippen LogP contribution in [0, 0.1) is 0 Å². The van der Waals surface area contributed by atoms with E-state index in [1.165, 1.54) is 0 Å². The molecular formula is C13H10F2N4O2. The van der Waals surface area contributed by atoms with Crippen molar-refractivity contribution < 1.29 is 18.1 Å². The van der Waals surface area contributed by atoms with Crippen molar-refractivity contribution >= 4 is 22.7 Å². The predicted octanol–water partition coefficient (Wildman–Crippen LogP) is 2.91. The van der Waals surface area contributed by atoms with Crippen molar-refractivity contribution in [3.63, 3.8) is 0 Å². The molecule has 8 heteroatoms. The largest absolute Gasteiger partial charge is 0.338 e. The number of aromatic nitrogens is 3. The molecule has 0 saturated carbocycles. The summed E-state index contributed by atoms with van der Waals surface area (Å²) in [5, 5.41) is 12.8. The number of anilines is 1. The topological polar surface area (TPSA) is 83.8 Å². The number of carbonyl (C=O) groups is 1. The number of rotatable bonds is 3. The molecule has 21 heavy (non-hydrogen) atoms.